The van der Waals surface area contributed by atoms with Gasteiger partial charge in [0, 0.05) is 23.3 Å². The quantitative estimate of drug-likeness (QED) is 0.500. The number of ether oxygens (including phenoxy) is 1. The summed E-state index contributed by atoms with van der Waals surface area (Å²) in [6.07, 6.45) is -5.12. The summed E-state index contributed by atoms with van der Waals surface area (Å²) in [5.74, 6) is -2.87. The van der Waals surface area contributed by atoms with Crippen molar-refractivity contribution in [3.05, 3.63) is 69.3 Å². The van der Waals surface area contributed by atoms with Crippen molar-refractivity contribution in [3.63, 3.8) is 0 Å². The summed E-state index contributed by atoms with van der Waals surface area (Å²) in [7, 11) is -3.53. The lowest BCUT2D eigenvalue weighted by Gasteiger charge is -2.33. The minimum Gasteiger partial charge on any atom is -0.356 e. The van der Waals surface area contributed by atoms with Gasteiger partial charge in [-0.3, -0.25) is 14.9 Å². The van der Waals surface area contributed by atoms with E-state index in [0.717, 1.165) is 31.4 Å². The maximum atomic E-state index is 14.0. The average Bonchev–Trinajstić information content (AvgIpc) is 2.60. The van der Waals surface area contributed by atoms with Gasteiger partial charge in [0.2, 0.25) is 9.84 Å². The van der Waals surface area contributed by atoms with Crippen LogP contribution in [0.5, 0.6) is 0 Å². The number of hydrogen-bond donors (Lipinski definition) is 1. The Bertz CT molecular complexity index is 1080. The summed E-state index contributed by atoms with van der Waals surface area (Å²) in [6.45, 7) is 2.64. The van der Waals surface area contributed by atoms with Crippen LogP contribution in [-0.2, 0) is 25.0 Å². The van der Waals surface area contributed by atoms with Crippen molar-refractivity contribution in [2.45, 2.75) is 30.5 Å². The molecular formula is C19H19F3N2O6S. The SMILES string of the molecule is CO[C@](C(=O)Nc1cc(C)c(S(=O)(=O)C[N+](=O)[O-])c(C)c1)(c1ccccc1)C(F)(F)F. The molecule has 0 fully saturated rings. The number of rotatable bonds is 7. The van der Waals surface area contributed by atoms with Gasteiger partial charge in [-0.2, -0.15) is 13.2 Å². The third kappa shape index (κ3) is 4.69. The molecule has 2 aromatic carbocycles. The lowest BCUT2D eigenvalue weighted by Crippen LogP contribution is -2.53. The van der Waals surface area contributed by atoms with Crippen LogP contribution in [0.2, 0.25) is 0 Å². The van der Waals surface area contributed by atoms with E-state index in [1.54, 1.807) is 0 Å². The molecular weight excluding hydrogens is 441 g/mol. The molecule has 1 N–H and O–H groups in total. The van der Waals surface area contributed by atoms with Crippen LogP contribution in [0.15, 0.2) is 47.4 Å². The highest BCUT2D eigenvalue weighted by atomic mass is 32.2. The summed E-state index contributed by atoms with van der Waals surface area (Å²) in [6, 6.07) is 8.57. The highest BCUT2D eigenvalue weighted by Crippen LogP contribution is 2.43. The van der Waals surface area contributed by atoms with Gasteiger partial charge in [0.25, 0.3) is 11.5 Å². The Morgan fingerprint density at radius 2 is 1.65 bits per heavy atom. The van der Waals surface area contributed by atoms with E-state index in [2.05, 4.69) is 5.32 Å². The molecule has 0 heterocycles. The van der Waals surface area contributed by atoms with Gasteiger partial charge in [-0.25, -0.2) is 8.42 Å². The molecule has 0 saturated heterocycles. The van der Waals surface area contributed by atoms with E-state index < -0.39 is 43.9 Å². The van der Waals surface area contributed by atoms with Crippen LogP contribution in [0.4, 0.5) is 18.9 Å². The number of nitro groups is 1. The Morgan fingerprint density at radius 1 is 1.13 bits per heavy atom. The van der Waals surface area contributed by atoms with E-state index in [4.69, 9.17) is 4.74 Å². The highest BCUT2D eigenvalue weighted by Gasteiger charge is 2.62. The van der Waals surface area contributed by atoms with Crippen molar-refractivity contribution in [2.24, 2.45) is 0 Å². The normalized spacial score (nSPS) is 14.0. The minimum atomic E-state index is -5.12. The topological polar surface area (TPSA) is 116 Å². The van der Waals surface area contributed by atoms with Gasteiger partial charge < -0.3 is 10.1 Å². The zero-order valence-corrected chi connectivity index (χ0v) is 17.5. The Morgan fingerprint density at radius 3 is 2.06 bits per heavy atom. The molecule has 12 heteroatoms. The lowest BCUT2D eigenvalue weighted by molar-refractivity contribution is -0.458. The number of carbonyl (C=O) groups is 1. The third-order valence-corrected chi connectivity index (χ3v) is 6.33. The number of nitrogens with zero attached hydrogens (tertiary/aromatic N) is 1. The van der Waals surface area contributed by atoms with Gasteiger partial charge in [0.15, 0.2) is 0 Å². The first-order chi connectivity index (χ1) is 14.3. The number of alkyl halides is 3. The molecule has 0 unspecified atom stereocenters. The fraction of sp³-hybridized carbons (Fsp3) is 0.316. The molecule has 2 aromatic rings. The van der Waals surface area contributed by atoms with E-state index in [-0.39, 0.29) is 21.7 Å². The van der Waals surface area contributed by atoms with Gasteiger partial charge in [-0.1, -0.05) is 30.3 Å². The first kappa shape index (κ1) is 24.3. The molecule has 8 nitrogen and oxygen atoms in total. The van der Waals surface area contributed by atoms with E-state index in [1.807, 2.05) is 0 Å². The van der Waals surface area contributed by atoms with Crippen molar-refractivity contribution < 1.29 is 36.0 Å². The molecule has 2 rings (SSSR count). The number of anilines is 1. The zero-order valence-electron chi connectivity index (χ0n) is 16.7. The van der Waals surface area contributed by atoms with Gasteiger partial charge in [0.1, 0.15) is 0 Å². The van der Waals surface area contributed by atoms with Crippen LogP contribution in [0.1, 0.15) is 16.7 Å². The van der Waals surface area contributed by atoms with Crippen molar-refractivity contribution in [1.29, 1.82) is 0 Å². The maximum absolute atomic E-state index is 14.0. The third-order valence-electron chi connectivity index (χ3n) is 4.51. The predicted octanol–water partition coefficient (Wildman–Crippen LogP) is 3.35. The fourth-order valence-electron chi connectivity index (χ4n) is 3.36. The molecule has 0 bridgehead atoms. The van der Waals surface area contributed by atoms with Crippen LogP contribution in [-0.4, -0.2) is 38.4 Å². The monoisotopic (exact) mass is 460 g/mol. The Balaban J connectivity index is 2.52. The zero-order chi connectivity index (χ0) is 23.6. The van der Waals surface area contributed by atoms with Gasteiger partial charge in [-0.15, -0.1) is 0 Å². The largest absolute Gasteiger partial charge is 0.430 e. The second-order valence-corrected chi connectivity index (χ2v) is 8.61. The standard InChI is InChI=1S/C19H19F3N2O6S/c1-12-9-15(10-13(2)16(12)31(28,29)11-24(26)27)23-17(25)18(30-3,19(20,21)22)14-7-5-4-6-8-14/h4-10H,11H2,1-3H3,(H,23,25)/t18-/m0/s1. The predicted molar refractivity (Wildman–Crippen MR) is 105 cm³/mol. The van der Waals surface area contributed by atoms with E-state index in [0.29, 0.717) is 0 Å². The number of amides is 1. The first-order valence-corrected chi connectivity index (χ1v) is 10.4. The summed E-state index contributed by atoms with van der Waals surface area (Å²) in [5, 5.41) is 12.8. The number of hydrogen-bond acceptors (Lipinski definition) is 6. The molecule has 168 valence electrons. The van der Waals surface area contributed by atoms with E-state index in [1.165, 1.54) is 32.0 Å². The summed E-state index contributed by atoms with van der Waals surface area (Å²) >= 11 is 0. The van der Waals surface area contributed by atoms with Crippen molar-refractivity contribution in [3.8, 4) is 0 Å². The van der Waals surface area contributed by atoms with Crippen molar-refractivity contribution >= 4 is 21.4 Å². The molecule has 0 aliphatic heterocycles. The minimum absolute atomic E-state index is 0.0342. The summed E-state index contributed by atoms with van der Waals surface area (Å²) in [5.41, 5.74) is -3.81. The number of aryl methyl sites for hydroxylation is 2. The van der Waals surface area contributed by atoms with Crippen molar-refractivity contribution in [2.75, 3.05) is 18.3 Å². The number of methoxy groups -OCH3 is 1. The van der Waals surface area contributed by atoms with Crippen LogP contribution in [0, 0.1) is 24.0 Å². The second-order valence-electron chi connectivity index (χ2n) is 6.72. The Kier molecular flexibility index (Phi) is 6.76. The van der Waals surface area contributed by atoms with E-state index in [9.17, 15) is 36.5 Å². The van der Waals surface area contributed by atoms with Crippen LogP contribution in [0.25, 0.3) is 0 Å². The molecule has 0 radical (unpaired) electrons. The highest BCUT2D eigenvalue weighted by molar-refractivity contribution is 7.91. The fourth-order valence-corrected chi connectivity index (χ4v) is 4.86. The van der Waals surface area contributed by atoms with Crippen LogP contribution in [0.3, 0.4) is 0 Å². The summed E-state index contributed by atoms with van der Waals surface area (Å²) in [4.78, 5) is 22.1. The van der Waals surface area contributed by atoms with E-state index >= 15 is 0 Å². The number of carbonyl (C=O) groups excluding carboxylic acids is 1. The smallest absolute Gasteiger partial charge is 0.356 e. The summed E-state index contributed by atoms with van der Waals surface area (Å²) < 4.78 is 71.1. The molecule has 0 saturated carbocycles. The number of benzene rings is 2. The lowest BCUT2D eigenvalue weighted by atomic mass is 9.91. The molecule has 0 aliphatic rings. The van der Waals surface area contributed by atoms with Crippen LogP contribution < -0.4 is 5.32 Å². The maximum Gasteiger partial charge on any atom is 0.430 e. The van der Waals surface area contributed by atoms with Gasteiger partial charge in [-0.05, 0) is 37.1 Å². The Hall–Kier alpha value is -2.99. The molecule has 1 atom stereocenters. The molecule has 0 aliphatic carbocycles. The molecule has 31 heavy (non-hydrogen) atoms. The number of halogens is 3. The van der Waals surface area contributed by atoms with Crippen LogP contribution >= 0.6 is 0 Å². The number of sulfone groups is 1. The first-order valence-electron chi connectivity index (χ1n) is 8.71. The second kappa shape index (κ2) is 8.63. The molecule has 0 aromatic heterocycles. The Labute approximate surface area is 176 Å². The van der Waals surface area contributed by atoms with Crippen molar-refractivity contribution in [1.82, 2.24) is 0 Å². The molecule has 0 spiro atoms. The van der Waals surface area contributed by atoms with Gasteiger partial charge in [0.05, 0.1) is 4.90 Å². The van der Waals surface area contributed by atoms with Gasteiger partial charge >= 0.3 is 12.1 Å². The number of nitrogens with one attached hydrogen (secondary N) is 1. The molecule has 1 amide bonds. The average molecular weight is 460 g/mol.